The van der Waals surface area contributed by atoms with Gasteiger partial charge in [0.05, 0.1) is 0 Å². The molecule has 0 heterocycles. The third-order valence-corrected chi connectivity index (χ3v) is 5.20. The third kappa shape index (κ3) is 18.3. The van der Waals surface area contributed by atoms with Gasteiger partial charge in [0, 0.05) is 20.6 Å². The monoisotopic (exact) mass is 340 g/mol. The maximum absolute atomic E-state index is 3.39. The van der Waals surface area contributed by atoms with Crippen LogP contribution in [0.3, 0.4) is 0 Å². The molecule has 0 radical (unpaired) electrons. The fourth-order valence-electron chi connectivity index (χ4n) is 3.38. The molecular weight excluding hydrogens is 292 g/mol. The number of hydrogen-bond donors (Lipinski definition) is 1. The molecule has 0 aromatic carbocycles. The van der Waals surface area contributed by atoms with Crippen LogP contribution in [-0.2, 0) is 0 Å². The summed E-state index contributed by atoms with van der Waals surface area (Å²) in [6.07, 6.45) is 20.1. The standard InChI is InChI=1S/C22H48N2/c1-6-7-8-9-10-11-12-13-14-15-17-21(2)18-16-19-22(3)20-23-24(4)5/h21-23H,6-20H2,1-5H3. The summed E-state index contributed by atoms with van der Waals surface area (Å²) in [6, 6.07) is 0. The van der Waals surface area contributed by atoms with Crippen LogP contribution in [0.15, 0.2) is 0 Å². The predicted molar refractivity (Wildman–Crippen MR) is 110 cm³/mol. The van der Waals surface area contributed by atoms with Crippen LogP contribution in [0.2, 0.25) is 0 Å². The Morgan fingerprint density at radius 1 is 0.625 bits per heavy atom. The quantitative estimate of drug-likeness (QED) is 0.218. The highest BCUT2D eigenvalue weighted by Gasteiger charge is 2.06. The first-order chi connectivity index (χ1) is 11.6. The first-order valence-corrected chi connectivity index (χ1v) is 11.0. The summed E-state index contributed by atoms with van der Waals surface area (Å²) in [7, 11) is 4.14. The molecule has 0 saturated heterocycles. The van der Waals surface area contributed by atoms with Crippen LogP contribution < -0.4 is 5.43 Å². The SMILES string of the molecule is CCCCCCCCCCCCC(C)CCCC(C)CNN(C)C. The highest BCUT2D eigenvalue weighted by atomic mass is 15.5. The minimum absolute atomic E-state index is 0.789. The van der Waals surface area contributed by atoms with Gasteiger partial charge in [0.25, 0.3) is 0 Å². The smallest absolute Gasteiger partial charge is 0.0128 e. The van der Waals surface area contributed by atoms with E-state index in [1.165, 1.54) is 89.9 Å². The average molecular weight is 341 g/mol. The lowest BCUT2D eigenvalue weighted by Gasteiger charge is -2.18. The number of hydrazine groups is 1. The van der Waals surface area contributed by atoms with Crippen LogP contribution in [0.1, 0.15) is 111 Å². The van der Waals surface area contributed by atoms with E-state index in [0.29, 0.717) is 0 Å². The highest BCUT2D eigenvalue weighted by Crippen LogP contribution is 2.19. The number of nitrogens with zero attached hydrogens (tertiary/aromatic N) is 1. The van der Waals surface area contributed by atoms with E-state index in [0.717, 1.165) is 18.4 Å². The van der Waals surface area contributed by atoms with Crippen LogP contribution >= 0.6 is 0 Å². The fourth-order valence-corrected chi connectivity index (χ4v) is 3.38. The molecule has 0 aliphatic carbocycles. The second kappa shape index (κ2) is 17.7. The van der Waals surface area contributed by atoms with Gasteiger partial charge in [-0.05, 0) is 18.3 Å². The minimum Gasteiger partial charge on any atom is -0.255 e. The van der Waals surface area contributed by atoms with Gasteiger partial charge >= 0.3 is 0 Å². The molecule has 0 saturated carbocycles. The Labute approximate surface area is 154 Å². The molecule has 0 aliphatic heterocycles. The van der Waals surface area contributed by atoms with Gasteiger partial charge in [0.15, 0.2) is 0 Å². The van der Waals surface area contributed by atoms with Crippen LogP contribution in [0, 0.1) is 11.8 Å². The number of rotatable bonds is 18. The van der Waals surface area contributed by atoms with Crippen LogP contribution in [-0.4, -0.2) is 25.6 Å². The second-order valence-electron chi connectivity index (χ2n) is 8.37. The predicted octanol–water partition coefficient (Wildman–Crippen LogP) is 6.81. The summed E-state index contributed by atoms with van der Waals surface area (Å²) < 4.78 is 0. The molecule has 0 aliphatic rings. The molecule has 0 aromatic rings. The molecule has 0 amide bonds. The zero-order chi connectivity index (χ0) is 18.0. The van der Waals surface area contributed by atoms with Crippen molar-refractivity contribution >= 4 is 0 Å². The van der Waals surface area contributed by atoms with Crippen LogP contribution in [0.25, 0.3) is 0 Å². The van der Waals surface area contributed by atoms with Gasteiger partial charge in [-0.2, -0.15) is 0 Å². The Bertz CT molecular complexity index is 240. The van der Waals surface area contributed by atoms with Crippen molar-refractivity contribution in [3.05, 3.63) is 0 Å². The summed E-state index contributed by atoms with van der Waals surface area (Å²) in [5, 5.41) is 2.06. The van der Waals surface area contributed by atoms with Crippen molar-refractivity contribution in [3.8, 4) is 0 Å². The largest absolute Gasteiger partial charge is 0.255 e. The molecule has 0 bridgehead atoms. The van der Waals surface area contributed by atoms with Gasteiger partial charge in [-0.3, -0.25) is 10.4 Å². The van der Waals surface area contributed by atoms with E-state index in [9.17, 15) is 0 Å². The molecule has 2 atom stereocenters. The van der Waals surface area contributed by atoms with Gasteiger partial charge in [-0.15, -0.1) is 0 Å². The Morgan fingerprint density at radius 3 is 1.62 bits per heavy atom. The van der Waals surface area contributed by atoms with Crippen LogP contribution in [0.4, 0.5) is 0 Å². The van der Waals surface area contributed by atoms with Crippen LogP contribution in [0.5, 0.6) is 0 Å². The van der Waals surface area contributed by atoms with Crippen molar-refractivity contribution in [3.63, 3.8) is 0 Å². The molecule has 0 spiro atoms. The highest BCUT2D eigenvalue weighted by molar-refractivity contribution is 4.59. The maximum Gasteiger partial charge on any atom is 0.0128 e. The molecule has 146 valence electrons. The van der Waals surface area contributed by atoms with Crippen molar-refractivity contribution in [1.29, 1.82) is 0 Å². The third-order valence-electron chi connectivity index (χ3n) is 5.20. The van der Waals surface area contributed by atoms with Crippen molar-refractivity contribution in [2.75, 3.05) is 20.6 Å². The second-order valence-corrected chi connectivity index (χ2v) is 8.37. The lowest BCUT2D eigenvalue weighted by Crippen LogP contribution is -2.33. The molecular formula is C22H48N2. The number of nitrogens with one attached hydrogen (secondary N) is 1. The molecule has 1 N–H and O–H groups in total. The van der Waals surface area contributed by atoms with E-state index in [-0.39, 0.29) is 0 Å². The van der Waals surface area contributed by atoms with Gasteiger partial charge in [0.1, 0.15) is 0 Å². The van der Waals surface area contributed by atoms with E-state index in [1.54, 1.807) is 0 Å². The Hall–Kier alpha value is -0.0800. The summed E-state index contributed by atoms with van der Waals surface area (Å²) in [5.41, 5.74) is 3.39. The Morgan fingerprint density at radius 2 is 1.08 bits per heavy atom. The molecule has 0 aromatic heterocycles. The first kappa shape index (κ1) is 23.9. The van der Waals surface area contributed by atoms with E-state index in [2.05, 4.69) is 45.3 Å². The lowest BCUT2D eigenvalue weighted by atomic mass is 9.94. The summed E-state index contributed by atoms with van der Waals surface area (Å²) >= 11 is 0. The average Bonchev–Trinajstić information content (AvgIpc) is 2.54. The fraction of sp³-hybridized carbons (Fsp3) is 1.00. The molecule has 0 fully saturated rings. The van der Waals surface area contributed by atoms with E-state index in [1.807, 2.05) is 0 Å². The summed E-state index contributed by atoms with van der Waals surface area (Å²) in [5.74, 6) is 1.71. The van der Waals surface area contributed by atoms with Gasteiger partial charge in [0.2, 0.25) is 0 Å². The molecule has 2 unspecified atom stereocenters. The van der Waals surface area contributed by atoms with E-state index >= 15 is 0 Å². The number of hydrogen-bond acceptors (Lipinski definition) is 2. The zero-order valence-corrected chi connectivity index (χ0v) is 17.7. The molecule has 24 heavy (non-hydrogen) atoms. The van der Waals surface area contributed by atoms with Crippen molar-refractivity contribution in [2.45, 2.75) is 111 Å². The van der Waals surface area contributed by atoms with Crippen molar-refractivity contribution in [1.82, 2.24) is 10.4 Å². The first-order valence-electron chi connectivity index (χ1n) is 11.0. The zero-order valence-electron chi connectivity index (χ0n) is 17.7. The van der Waals surface area contributed by atoms with Crippen molar-refractivity contribution in [2.24, 2.45) is 11.8 Å². The normalized spacial score (nSPS) is 14.2. The summed E-state index contributed by atoms with van der Waals surface area (Å²) in [4.78, 5) is 0. The van der Waals surface area contributed by atoms with Gasteiger partial charge in [-0.25, -0.2) is 0 Å². The Balaban J connectivity index is 3.27. The topological polar surface area (TPSA) is 15.3 Å². The van der Waals surface area contributed by atoms with E-state index < -0.39 is 0 Å². The summed E-state index contributed by atoms with van der Waals surface area (Å²) in [6.45, 7) is 8.23. The van der Waals surface area contributed by atoms with Gasteiger partial charge in [-0.1, -0.05) is 104 Å². The lowest BCUT2D eigenvalue weighted by molar-refractivity contribution is 0.259. The molecule has 2 nitrogen and oxygen atoms in total. The van der Waals surface area contributed by atoms with Crippen molar-refractivity contribution < 1.29 is 0 Å². The van der Waals surface area contributed by atoms with Gasteiger partial charge < -0.3 is 0 Å². The maximum atomic E-state index is 3.39. The number of unbranched alkanes of at least 4 members (excludes halogenated alkanes) is 9. The minimum atomic E-state index is 0.789. The molecule has 0 rings (SSSR count). The Kier molecular flexibility index (Phi) is 17.7. The molecule has 2 heteroatoms. The van der Waals surface area contributed by atoms with E-state index in [4.69, 9.17) is 0 Å².